The zero-order chi connectivity index (χ0) is 19.4. The molecule has 0 aliphatic carbocycles. The van der Waals surface area contributed by atoms with Crippen molar-refractivity contribution in [3.63, 3.8) is 0 Å². The van der Waals surface area contributed by atoms with Crippen molar-refractivity contribution in [2.45, 2.75) is 38.9 Å². The minimum Gasteiger partial charge on any atom is -0.487 e. The normalized spacial score (nSPS) is 23.0. The largest absolute Gasteiger partial charge is 0.487 e. The van der Waals surface area contributed by atoms with E-state index >= 15 is 0 Å². The van der Waals surface area contributed by atoms with Gasteiger partial charge in [0.15, 0.2) is 0 Å². The summed E-state index contributed by atoms with van der Waals surface area (Å²) in [5.74, 6) is 0.686. The number of carbonyl (C=O) groups is 1. The second-order valence-corrected chi connectivity index (χ2v) is 7.64. The molecule has 0 saturated carbocycles. The SMILES string of the molecule is Cc1ccc(C)c(NC(=O)CN2CC[C@H](Oc3ccccc3)[C@@](C)(O)C2)c1. The van der Waals surface area contributed by atoms with E-state index in [1.165, 1.54) is 0 Å². The van der Waals surface area contributed by atoms with Crippen LogP contribution in [0.15, 0.2) is 48.5 Å². The maximum atomic E-state index is 12.5. The zero-order valence-corrected chi connectivity index (χ0v) is 16.2. The van der Waals surface area contributed by atoms with Crippen LogP contribution in [-0.2, 0) is 4.79 Å². The van der Waals surface area contributed by atoms with E-state index in [1.54, 1.807) is 6.92 Å². The van der Waals surface area contributed by atoms with E-state index in [0.29, 0.717) is 19.5 Å². The molecule has 1 aliphatic heterocycles. The number of β-amino-alcohol motifs (C(OH)–C–C–N with tert-alkyl or cyclic N) is 1. The van der Waals surface area contributed by atoms with Gasteiger partial charge in [-0.2, -0.15) is 0 Å². The number of amides is 1. The molecular formula is C22H28N2O3. The molecule has 2 atom stereocenters. The highest BCUT2D eigenvalue weighted by atomic mass is 16.5. The molecule has 5 heteroatoms. The van der Waals surface area contributed by atoms with Crippen molar-refractivity contribution in [3.05, 3.63) is 59.7 Å². The first kappa shape index (κ1) is 19.4. The minimum atomic E-state index is -1.02. The number of rotatable bonds is 5. The Labute approximate surface area is 161 Å². The third-order valence-electron chi connectivity index (χ3n) is 5.00. The number of hydrogen-bond donors (Lipinski definition) is 2. The van der Waals surface area contributed by atoms with Crippen LogP contribution < -0.4 is 10.1 Å². The van der Waals surface area contributed by atoms with Gasteiger partial charge >= 0.3 is 0 Å². The fourth-order valence-electron chi connectivity index (χ4n) is 3.49. The lowest BCUT2D eigenvalue weighted by atomic mass is 9.91. The molecular weight excluding hydrogens is 340 g/mol. The Balaban J connectivity index is 1.56. The molecule has 3 rings (SSSR count). The van der Waals surface area contributed by atoms with Gasteiger partial charge in [0.05, 0.1) is 6.54 Å². The topological polar surface area (TPSA) is 61.8 Å². The van der Waals surface area contributed by atoms with Gasteiger partial charge in [-0.1, -0.05) is 30.3 Å². The van der Waals surface area contributed by atoms with E-state index < -0.39 is 5.60 Å². The molecule has 5 nitrogen and oxygen atoms in total. The molecule has 2 aromatic carbocycles. The number of nitrogens with one attached hydrogen (secondary N) is 1. The van der Waals surface area contributed by atoms with Crippen molar-refractivity contribution in [1.82, 2.24) is 4.90 Å². The molecule has 1 amide bonds. The molecule has 0 spiro atoms. The van der Waals surface area contributed by atoms with Crippen molar-refractivity contribution in [2.24, 2.45) is 0 Å². The van der Waals surface area contributed by atoms with E-state index in [1.807, 2.05) is 67.3 Å². The Morgan fingerprint density at radius 1 is 1.26 bits per heavy atom. The summed E-state index contributed by atoms with van der Waals surface area (Å²) in [7, 11) is 0. The third-order valence-corrected chi connectivity index (χ3v) is 5.00. The molecule has 0 radical (unpaired) electrons. The number of aliphatic hydroxyl groups is 1. The maximum Gasteiger partial charge on any atom is 0.238 e. The smallest absolute Gasteiger partial charge is 0.238 e. The number of likely N-dealkylation sites (tertiary alicyclic amines) is 1. The van der Waals surface area contributed by atoms with Gasteiger partial charge in [-0.05, 0) is 56.5 Å². The van der Waals surface area contributed by atoms with Gasteiger partial charge in [-0.25, -0.2) is 0 Å². The molecule has 2 N–H and O–H groups in total. The number of piperidine rings is 1. The number of anilines is 1. The van der Waals surface area contributed by atoms with E-state index in [4.69, 9.17) is 4.74 Å². The number of ether oxygens (including phenoxy) is 1. The van der Waals surface area contributed by atoms with Gasteiger partial charge in [0.2, 0.25) is 5.91 Å². The molecule has 0 aromatic heterocycles. The van der Waals surface area contributed by atoms with Crippen LogP contribution in [0.1, 0.15) is 24.5 Å². The summed E-state index contributed by atoms with van der Waals surface area (Å²) in [4.78, 5) is 14.4. The Kier molecular flexibility index (Phi) is 5.82. The Morgan fingerprint density at radius 2 is 2.00 bits per heavy atom. The molecule has 0 bridgehead atoms. The van der Waals surface area contributed by atoms with E-state index in [9.17, 15) is 9.90 Å². The molecule has 1 saturated heterocycles. The van der Waals surface area contributed by atoms with Gasteiger partial charge in [-0.15, -0.1) is 0 Å². The maximum absolute atomic E-state index is 12.5. The van der Waals surface area contributed by atoms with Crippen LogP contribution in [0, 0.1) is 13.8 Å². The summed E-state index contributed by atoms with van der Waals surface area (Å²) in [6.45, 7) is 7.10. The minimum absolute atomic E-state index is 0.0677. The molecule has 1 fully saturated rings. The van der Waals surface area contributed by atoms with Crippen LogP contribution >= 0.6 is 0 Å². The van der Waals surface area contributed by atoms with Gasteiger partial charge in [-0.3, -0.25) is 9.69 Å². The summed E-state index contributed by atoms with van der Waals surface area (Å²) in [5.41, 5.74) is 1.97. The average Bonchev–Trinajstić information content (AvgIpc) is 2.61. The number of hydrogen-bond acceptors (Lipinski definition) is 4. The van der Waals surface area contributed by atoms with Crippen LogP contribution in [0.25, 0.3) is 0 Å². The quantitative estimate of drug-likeness (QED) is 0.851. The Hall–Kier alpha value is -2.37. The lowest BCUT2D eigenvalue weighted by molar-refractivity contribution is -0.123. The second-order valence-electron chi connectivity index (χ2n) is 7.64. The van der Waals surface area contributed by atoms with Crippen LogP contribution in [0.4, 0.5) is 5.69 Å². The highest BCUT2D eigenvalue weighted by molar-refractivity contribution is 5.93. The Bertz CT molecular complexity index is 789. The molecule has 1 heterocycles. The summed E-state index contributed by atoms with van der Waals surface area (Å²) in [6, 6.07) is 15.5. The van der Waals surface area contributed by atoms with E-state index in [-0.39, 0.29) is 18.6 Å². The van der Waals surface area contributed by atoms with Crippen LogP contribution in [0.3, 0.4) is 0 Å². The lowest BCUT2D eigenvalue weighted by Gasteiger charge is -2.42. The van der Waals surface area contributed by atoms with Crippen molar-refractivity contribution >= 4 is 11.6 Å². The van der Waals surface area contributed by atoms with Crippen molar-refractivity contribution < 1.29 is 14.6 Å². The van der Waals surface area contributed by atoms with Crippen molar-refractivity contribution in [2.75, 3.05) is 25.0 Å². The summed E-state index contributed by atoms with van der Waals surface area (Å²) in [6.07, 6.45) is 0.372. The van der Waals surface area contributed by atoms with Crippen LogP contribution in [-0.4, -0.2) is 47.3 Å². The lowest BCUT2D eigenvalue weighted by Crippen LogP contribution is -2.58. The first-order valence-corrected chi connectivity index (χ1v) is 9.37. The second kappa shape index (κ2) is 8.11. The van der Waals surface area contributed by atoms with Gasteiger partial charge in [0.25, 0.3) is 0 Å². The highest BCUT2D eigenvalue weighted by Crippen LogP contribution is 2.26. The fourth-order valence-corrected chi connectivity index (χ4v) is 3.49. The number of carbonyl (C=O) groups excluding carboxylic acids is 1. The predicted octanol–water partition coefficient (Wildman–Crippen LogP) is 3.15. The number of benzene rings is 2. The fraction of sp³-hybridized carbons (Fsp3) is 0.409. The number of para-hydroxylation sites is 1. The van der Waals surface area contributed by atoms with E-state index in [2.05, 4.69) is 5.32 Å². The van der Waals surface area contributed by atoms with Crippen LogP contribution in [0.5, 0.6) is 5.75 Å². The molecule has 2 aromatic rings. The third kappa shape index (κ3) is 5.08. The molecule has 1 aliphatic rings. The molecule has 27 heavy (non-hydrogen) atoms. The van der Waals surface area contributed by atoms with E-state index in [0.717, 1.165) is 22.6 Å². The molecule has 0 unspecified atom stereocenters. The summed E-state index contributed by atoms with van der Waals surface area (Å²) in [5, 5.41) is 13.8. The van der Waals surface area contributed by atoms with Crippen molar-refractivity contribution in [1.29, 1.82) is 0 Å². The predicted molar refractivity (Wildman–Crippen MR) is 107 cm³/mol. The van der Waals surface area contributed by atoms with Gasteiger partial charge in [0.1, 0.15) is 17.5 Å². The summed E-state index contributed by atoms with van der Waals surface area (Å²) < 4.78 is 5.97. The highest BCUT2D eigenvalue weighted by Gasteiger charge is 2.40. The molecule has 144 valence electrons. The number of aryl methyl sites for hydroxylation is 2. The number of nitrogens with zero attached hydrogens (tertiary/aromatic N) is 1. The van der Waals surface area contributed by atoms with Crippen molar-refractivity contribution in [3.8, 4) is 5.75 Å². The monoisotopic (exact) mass is 368 g/mol. The average molecular weight is 368 g/mol. The Morgan fingerprint density at radius 3 is 2.70 bits per heavy atom. The first-order valence-electron chi connectivity index (χ1n) is 9.37. The first-order chi connectivity index (χ1) is 12.8. The zero-order valence-electron chi connectivity index (χ0n) is 16.2. The van der Waals surface area contributed by atoms with Gasteiger partial charge < -0.3 is 15.2 Å². The van der Waals surface area contributed by atoms with Crippen LogP contribution in [0.2, 0.25) is 0 Å². The van der Waals surface area contributed by atoms with Gasteiger partial charge in [0, 0.05) is 18.8 Å². The summed E-state index contributed by atoms with van der Waals surface area (Å²) >= 11 is 0. The standard InChI is InChI=1S/C22H28N2O3/c1-16-9-10-17(2)19(13-16)23-21(25)14-24-12-11-20(22(3,26)15-24)27-18-7-5-4-6-8-18/h4-10,13,20,26H,11-12,14-15H2,1-3H3,(H,23,25)/t20-,22-/m0/s1.